The quantitative estimate of drug-likeness (QED) is 0.904. The molecule has 1 fully saturated rings. The van der Waals surface area contributed by atoms with Crippen LogP contribution >= 0.6 is 0 Å². The summed E-state index contributed by atoms with van der Waals surface area (Å²) in [4.78, 5) is 32.9. The van der Waals surface area contributed by atoms with Crippen LogP contribution in [-0.4, -0.2) is 27.0 Å². The number of anilines is 1. The van der Waals surface area contributed by atoms with E-state index in [2.05, 4.69) is 15.3 Å². The van der Waals surface area contributed by atoms with Crippen molar-refractivity contribution >= 4 is 28.6 Å². The molecule has 1 saturated carbocycles. The highest BCUT2D eigenvalue weighted by atomic mass is 16.4. The highest BCUT2D eigenvalue weighted by Crippen LogP contribution is 2.31. The average Bonchev–Trinajstić information content (AvgIpc) is 2.56. The Morgan fingerprint density at radius 2 is 1.67 bits per heavy atom. The van der Waals surface area contributed by atoms with Gasteiger partial charge in [0.1, 0.15) is 0 Å². The zero-order chi connectivity index (χ0) is 17.3. The molecule has 2 atom stereocenters. The van der Waals surface area contributed by atoms with E-state index in [1.807, 2.05) is 19.9 Å². The molecule has 1 amide bonds. The number of nitrogens with zero attached hydrogens (tertiary/aromatic N) is 2. The van der Waals surface area contributed by atoms with E-state index in [-0.39, 0.29) is 5.91 Å². The van der Waals surface area contributed by atoms with Gasteiger partial charge in [0.05, 0.1) is 34.3 Å². The molecular formula is C18H21N3O3. The summed E-state index contributed by atoms with van der Waals surface area (Å²) < 4.78 is 0. The van der Waals surface area contributed by atoms with Gasteiger partial charge in [-0.2, -0.15) is 0 Å². The molecule has 0 unspecified atom stereocenters. The number of benzene rings is 1. The number of aromatic nitrogens is 2. The molecule has 6 heteroatoms. The Labute approximate surface area is 140 Å². The molecule has 0 spiro atoms. The van der Waals surface area contributed by atoms with Crippen molar-refractivity contribution in [1.29, 1.82) is 0 Å². The third kappa shape index (κ3) is 3.22. The van der Waals surface area contributed by atoms with Crippen LogP contribution < -0.4 is 5.32 Å². The lowest BCUT2D eigenvalue weighted by Crippen LogP contribution is -2.36. The second-order valence-electron chi connectivity index (χ2n) is 6.42. The molecule has 0 aliphatic heterocycles. The predicted molar refractivity (Wildman–Crippen MR) is 90.7 cm³/mol. The van der Waals surface area contributed by atoms with Crippen molar-refractivity contribution in [3.05, 3.63) is 29.6 Å². The van der Waals surface area contributed by atoms with Gasteiger partial charge in [0.15, 0.2) is 0 Å². The number of carbonyl (C=O) groups excluding carboxylic acids is 1. The molecule has 6 nitrogen and oxygen atoms in total. The molecule has 1 aliphatic carbocycles. The van der Waals surface area contributed by atoms with Crippen molar-refractivity contribution in [2.24, 2.45) is 11.8 Å². The maximum atomic E-state index is 12.5. The summed E-state index contributed by atoms with van der Waals surface area (Å²) in [7, 11) is 0. The van der Waals surface area contributed by atoms with Crippen molar-refractivity contribution in [2.75, 3.05) is 5.32 Å². The van der Waals surface area contributed by atoms with E-state index in [9.17, 15) is 14.7 Å². The summed E-state index contributed by atoms with van der Waals surface area (Å²) in [6.07, 6.45) is 2.94. The second kappa shape index (κ2) is 6.55. The van der Waals surface area contributed by atoms with Gasteiger partial charge in [-0.1, -0.05) is 12.8 Å². The molecule has 2 aromatic rings. The van der Waals surface area contributed by atoms with Gasteiger partial charge < -0.3 is 10.4 Å². The maximum Gasteiger partial charge on any atom is 0.307 e. The average molecular weight is 327 g/mol. The zero-order valence-corrected chi connectivity index (χ0v) is 13.9. The third-order valence-corrected chi connectivity index (χ3v) is 4.76. The van der Waals surface area contributed by atoms with Crippen molar-refractivity contribution in [1.82, 2.24) is 9.97 Å². The number of carbonyl (C=O) groups is 2. The third-order valence-electron chi connectivity index (χ3n) is 4.76. The van der Waals surface area contributed by atoms with E-state index in [4.69, 9.17) is 0 Å². The first-order chi connectivity index (χ1) is 11.5. The van der Waals surface area contributed by atoms with Gasteiger partial charge in [0, 0.05) is 5.69 Å². The van der Waals surface area contributed by atoms with Gasteiger partial charge >= 0.3 is 5.97 Å². The summed E-state index contributed by atoms with van der Waals surface area (Å²) in [5.74, 6) is -2.18. The van der Waals surface area contributed by atoms with Crippen LogP contribution in [-0.2, 0) is 9.59 Å². The molecule has 1 aromatic heterocycles. The maximum absolute atomic E-state index is 12.5. The number of carboxylic acids is 1. The standard InChI is InChI=1S/C18H21N3O3/c1-10-11(2)20-16-9-12(7-8-15(16)19-10)21-17(22)13-5-3-4-6-14(13)18(23)24/h7-9,13-14H,3-6H2,1-2H3,(H,21,22)(H,23,24)/t13-,14-/m0/s1. The number of hydrogen-bond acceptors (Lipinski definition) is 4. The molecule has 126 valence electrons. The smallest absolute Gasteiger partial charge is 0.307 e. The van der Waals surface area contributed by atoms with Gasteiger partial charge in [0.2, 0.25) is 5.91 Å². The molecular weight excluding hydrogens is 306 g/mol. The molecule has 0 radical (unpaired) electrons. The Balaban J connectivity index is 1.82. The summed E-state index contributed by atoms with van der Waals surface area (Å²) >= 11 is 0. The van der Waals surface area contributed by atoms with Crippen molar-refractivity contribution < 1.29 is 14.7 Å². The second-order valence-corrected chi connectivity index (χ2v) is 6.42. The van der Waals surface area contributed by atoms with Crippen LogP contribution in [0.25, 0.3) is 11.0 Å². The van der Waals surface area contributed by atoms with E-state index in [1.54, 1.807) is 12.1 Å². The monoisotopic (exact) mass is 327 g/mol. The number of fused-ring (bicyclic) bond motifs is 1. The summed E-state index contributed by atoms with van der Waals surface area (Å²) in [6, 6.07) is 5.38. The van der Waals surface area contributed by atoms with Gasteiger partial charge in [-0.05, 0) is 44.9 Å². The van der Waals surface area contributed by atoms with E-state index in [0.29, 0.717) is 24.0 Å². The number of nitrogens with one attached hydrogen (secondary N) is 1. The number of amides is 1. The Morgan fingerprint density at radius 3 is 2.33 bits per heavy atom. The lowest BCUT2D eigenvalue weighted by molar-refractivity contribution is -0.147. The fourth-order valence-corrected chi connectivity index (χ4v) is 3.28. The van der Waals surface area contributed by atoms with Gasteiger partial charge in [-0.3, -0.25) is 9.59 Å². The van der Waals surface area contributed by atoms with E-state index < -0.39 is 17.8 Å². The largest absolute Gasteiger partial charge is 0.481 e. The first-order valence-corrected chi connectivity index (χ1v) is 8.24. The minimum Gasteiger partial charge on any atom is -0.481 e. The Kier molecular flexibility index (Phi) is 4.46. The SMILES string of the molecule is Cc1nc2ccc(NC(=O)[C@H]3CCCC[C@@H]3C(=O)O)cc2nc1C. The molecule has 1 heterocycles. The van der Waals surface area contributed by atoms with Gasteiger partial charge in [-0.25, -0.2) is 9.97 Å². The highest BCUT2D eigenvalue weighted by molar-refractivity contribution is 5.96. The van der Waals surface area contributed by atoms with Crippen LogP contribution in [0.2, 0.25) is 0 Å². The number of aryl methyl sites for hydroxylation is 2. The predicted octanol–water partition coefficient (Wildman–Crippen LogP) is 3.08. The van der Waals surface area contributed by atoms with E-state index in [1.165, 1.54) is 0 Å². The number of aliphatic carboxylic acids is 1. The lowest BCUT2D eigenvalue weighted by Gasteiger charge is -2.27. The Hall–Kier alpha value is -2.50. The van der Waals surface area contributed by atoms with Crippen LogP contribution in [0.4, 0.5) is 5.69 Å². The van der Waals surface area contributed by atoms with Crippen molar-refractivity contribution in [2.45, 2.75) is 39.5 Å². The number of carboxylic acid groups (broad SMARTS) is 1. The van der Waals surface area contributed by atoms with Crippen molar-refractivity contribution in [3.63, 3.8) is 0 Å². The first kappa shape index (κ1) is 16.4. The molecule has 1 aromatic carbocycles. The van der Waals surface area contributed by atoms with E-state index in [0.717, 1.165) is 29.7 Å². The van der Waals surface area contributed by atoms with Gasteiger partial charge in [-0.15, -0.1) is 0 Å². The van der Waals surface area contributed by atoms with Crippen LogP contribution in [0.15, 0.2) is 18.2 Å². The van der Waals surface area contributed by atoms with E-state index >= 15 is 0 Å². The normalized spacial score (nSPS) is 20.8. The summed E-state index contributed by atoms with van der Waals surface area (Å²) in [5.41, 5.74) is 3.85. The van der Waals surface area contributed by atoms with Crippen LogP contribution in [0, 0.1) is 25.7 Å². The molecule has 1 aliphatic rings. The highest BCUT2D eigenvalue weighted by Gasteiger charge is 2.35. The lowest BCUT2D eigenvalue weighted by atomic mass is 9.78. The minimum atomic E-state index is -0.884. The zero-order valence-electron chi connectivity index (χ0n) is 13.9. The summed E-state index contributed by atoms with van der Waals surface area (Å²) in [6.45, 7) is 3.80. The van der Waals surface area contributed by atoms with Crippen molar-refractivity contribution in [3.8, 4) is 0 Å². The topological polar surface area (TPSA) is 92.2 Å². The Bertz CT molecular complexity index is 803. The first-order valence-electron chi connectivity index (χ1n) is 8.24. The molecule has 24 heavy (non-hydrogen) atoms. The molecule has 3 rings (SSSR count). The molecule has 0 bridgehead atoms. The fourth-order valence-electron chi connectivity index (χ4n) is 3.28. The van der Waals surface area contributed by atoms with Crippen LogP contribution in [0.1, 0.15) is 37.1 Å². The molecule has 0 saturated heterocycles. The van der Waals surface area contributed by atoms with Crippen LogP contribution in [0.3, 0.4) is 0 Å². The number of rotatable bonds is 3. The fraction of sp³-hybridized carbons (Fsp3) is 0.444. The minimum absolute atomic E-state index is 0.224. The van der Waals surface area contributed by atoms with Crippen LogP contribution in [0.5, 0.6) is 0 Å². The number of hydrogen-bond donors (Lipinski definition) is 2. The Morgan fingerprint density at radius 1 is 1.04 bits per heavy atom. The molecule has 2 N–H and O–H groups in total. The van der Waals surface area contributed by atoms with Gasteiger partial charge in [0.25, 0.3) is 0 Å². The summed E-state index contributed by atoms with van der Waals surface area (Å²) in [5, 5.41) is 12.2.